The third kappa shape index (κ3) is 6.39. The molecule has 1 amide bonds. The number of amides is 1. The Labute approximate surface area is 79.9 Å². The molecule has 0 aromatic heterocycles. The summed E-state index contributed by atoms with van der Waals surface area (Å²) in [6, 6.07) is -0.857. The van der Waals surface area contributed by atoms with Gasteiger partial charge in [-0.15, -0.1) is 0 Å². The van der Waals surface area contributed by atoms with Gasteiger partial charge in [0.25, 0.3) is 0 Å². The molecule has 0 heterocycles. The second kappa shape index (κ2) is 7.85. The van der Waals surface area contributed by atoms with Gasteiger partial charge in [0.1, 0.15) is 6.04 Å². The number of halogens is 1. The summed E-state index contributed by atoms with van der Waals surface area (Å²) >= 11 is 1.33. The number of carboxylic acid groups (broad SMARTS) is 1. The first-order valence-corrected chi connectivity index (χ1v) is 4.94. The number of aliphatic carboxylic acids is 1. The number of carbonyl (C=O) groups excluding carboxylic acids is 1. The van der Waals surface area contributed by atoms with Crippen LogP contribution in [0.25, 0.3) is 0 Å². The number of rotatable bonds is 8. The van der Waals surface area contributed by atoms with E-state index in [2.05, 4.69) is 5.32 Å². The Morgan fingerprint density at radius 2 is 2.31 bits per heavy atom. The van der Waals surface area contributed by atoms with Gasteiger partial charge in [0.05, 0.1) is 6.67 Å². The van der Waals surface area contributed by atoms with E-state index in [0.29, 0.717) is 24.3 Å². The Balaban J connectivity index is 3.56. The largest absolute Gasteiger partial charge is 0.480 e. The van der Waals surface area contributed by atoms with Crippen molar-refractivity contribution in [2.45, 2.75) is 12.5 Å². The molecular weight excluding hydrogens is 197 g/mol. The molecule has 0 spiro atoms. The zero-order valence-electron chi connectivity index (χ0n) is 7.03. The number of hydrogen-bond acceptors (Lipinski definition) is 3. The van der Waals surface area contributed by atoms with Crippen molar-refractivity contribution in [2.75, 3.05) is 18.2 Å². The fourth-order valence-corrected chi connectivity index (χ4v) is 1.43. The number of alkyl halides is 1. The van der Waals surface area contributed by atoms with Crippen LogP contribution >= 0.6 is 11.8 Å². The average Bonchev–Trinajstić information content (AvgIpc) is 2.10. The molecule has 76 valence electrons. The van der Waals surface area contributed by atoms with Crippen molar-refractivity contribution in [3.63, 3.8) is 0 Å². The van der Waals surface area contributed by atoms with Crippen LogP contribution in [0.2, 0.25) is 0 Å². The van der Waals surface area contributed by atoms with Crippen molar-refractivity contribution in [1.82, 2.24) is 5.32 Å². The minimum absolute atomic E-state index is 0.318. The monoisotopic (exact) mass is 209 g/mol. The van der Waals surface area contributed by atoms with Gasteiger partial charge in [-0.05, 0) is 12.2 Å². The summed E-state index contributed by atoms with van der Waals surface area (Å²) in [6.07, 6.45) is 0.678. The third-order valence-electron chi connectivity index (χ3n) is 1.34. The first-order chi connectivity index (χ1) is 6.22. The summed E-state index contributed by atoms with van der Waals surface area (Å²) in [4.78, 5) is 20.4. The van der Waals surface area contributed by atoms with E-state index < -0.39 is 18.7 Å². The van der Waals surface area contributed by atoms with E-state index in [1.54, 1.807) is 0 Å². The van der Waals surface area contributed by atoms with Crippen LogP contribution in [0.5, 0.6) is 0 Å². The van der Waals surface area contributed by atoms with E-state index >= 15 is 0 Å². The van der Waals surface area contributed by atoms with Crippen molar-refractivity contribution in [3.8, 4) is 0 Å². The number of carboxylic acids is 1. The number of hydrogen-bond donors (Lipinski definition) is 2. The van der Waals surface area contributed by atoms with E-state index in [-0.39, 0.29) is 0 Å². The third-order valence-corrected chi connectivity index (χ3v) is 2.31. The molecule has 2 N–H and O–H groups in total. The lowest BCUT2D eigenvalue weighted by Gasteiger charge is -2.09. The van der Waals surface area contributed by atoms with Crippen LogP contribution in [0, 0.1) is 0 Å². The Morgan fingerprint density at radius 3 is 2.77 bits per heavy atom. The van der Waals surface area contributed by atoms with Gasteiger partial charge in [-0.2, -0.15) is 11.8 Å². The van der Waals surface area contributed by atoms with Crippen LogP contribution < -0.4 is 5.32 Å². The van der Waals surface area contributed by atoms with Crippen LogP contribution in [0.4, 0.5) is 4.39 Å². The molecule has 0 aromatic rings. The quantitative estimate of drug-likeness (QED) is 0.445. The maximum Gasteiger partial charge on any atom is 0.326 e. The van der Waals surface area contributed by atoms with Crippen molar-refractivity contribution in [1.29, 1.82) is 0 Å². The molecule has 0 radical (unpaired) electrons. The van der Waals surface area contributed by atoms with Crippen LogP contribution in [-0.4, -0.2) is 41.7 Å². The van der Waals surface area contributed by atoms with Crippen LogP contribution in [-0.2, 0) is 9.59 Å². The maximum atomic E-state index is 11.6. The number of thioether (sulfide) groups is 1. The van der Waals surface area contributed by atoms with Crippen molar-refractivity contribution in [2.24, 2.45) is 0 Å². The van der Waals surface area contributed by atoms with Gasteiger partial charge in [-0.25, -0.2) is 4.79 Å². The number of nitrogens with one attached hydrogen (secondary N) is 1. The molecule has 1 atom stereocenters. The lowest BCUT2D eigenvalue weighted by molar-refractivity contribution is -0.140. The number of carbonyl (C=O) groups is 2. The predicted molar refractivity (Wildman–Crippen MR) is 48.5 cm³/mol. The lowest BCUT2D eigenvalue weighted by Crippen LogP contribution is -2.36. The highest BCUT2D eigenvalue weighted by Gasteiger charge is 2.14. The van der Waals surface area contributed by atoms with Gasteiger partial charge < -0.3 is 10.4 Å². The summed E-state index contributed by atoms with van der Waals surface area (Å²) < 4.78 is 11.6. The Kier molecular flexibility index (Phi) is 7.38. The molecule has 0 fully saturated rings. The molecule has 0 bridgehead atoms. The smallest absolute Gasteiger partial charge is 0.326 e. The standard InChI is InChI=1S/C7H12FNO3S/c8-2-4-13-3-1-6(7(11)12)9-5-10/h5-6H,1-4H2,(H,9,10)(H,11,12). The summed E-state index contributed by atoms with van der Waals surface area (Å²) in [7, 11) is 0. The van der Waals surface area contributed by atoms with E-state index in [9.17, 15) is 14.0 Å². The molecule has 6 heteroatoms. The van der Waals surface area contributed by atoms with E-state index in [4.69, 9.17) is 5.11 Å². The van der Waals surface area contributed by atoms with Gasteiger partial charge in [-0.3, -0.25) is 9.18 Å². The summed E-state index contributed by atoms with van der Waals surface area (Å²) in [6.45, 7) is -0.413. The highest BCUT2D eigenvalue weighted by Crippen LogP contribution is 2.04. The normalized spacial score (nSPS) is 12.1. The minimum Gasteiger partial charge on any atom is -0.480 e. The van der Waals surface area contributed by atoms with Crippen molar-refractivity contribution < 1.29 is 19.1 Å². The molecule has 0 rings (SSSR count). The maximum absolute atomic E-state index is 11.6. The zero-order chi connectivity index (χ0) is 10.1. The fourth-order valence-electron chi connectivity index (χ4n) is 0.718. The second-order valence-electron chi connectivity index (χ2n) is 2.27. The van der Waals surface area contributed by atoms with Crippen molar-refractivity contribution in [3.05, 3.63) is 0 Å². The van der Waals surface area contributed by atoms with E-state index in [0.717, 1.165) is 0 Å². The molecule has 0 saturated heterocycles. The highest BCUT2D eigenvalue weighted by atomic mass is 32.2. The summed E-state index contributed by atoms with van der Waals surface area (Å²) in [5, 5.41) is 10.7. The molecule has 0 saturated carbocycles. The lowest BCUT2D eigenvalue weighted by atomic mass is 10.2. The van der Waals surface area contributed by atoms with Crippen LogP contribution in [0.15, 0.2) is 0 Å². The first-order valence-electron chi connectivity index (χ1n) is 3.78. The predicted octanol–water partition coefficient (Wildman–Crippen LogP) is 0.278. The molecule has 0 aromatic carbocycles. The van der Waals surface area contributed by atoms with Gasteiger partial charge >= 0.3 is 5.97 Å². The first kappa shape index (κ1) is 12.2. The Bertz CT molecular complexity index is 168. The van der Waals surface area contributed by atoms with Gasteiger partial charge in [0.2, 0.25) is 6.41 Å². The van der Waals surface area contributed by atoms with Gasteiger partial charge in [-0.1, -0.05) is 0 Å². The van der Waals surface area contributed by atoms with E-state index in [1.165, 1.54) is 11.8 Å². The summed E-state index contributed by atoms with van der Waals surface area (Å²) in [5.74, 6) is -0.164. The molecular formula is C7H12FNO3S. The summed E-state index contributed by atoms with van der Waals surface area (Å²) in [5.41, 5.74) is 0. The Hall–Kier alpha value is -0.780. The van der Waals surface area contributed by atoms with Gasteiger partial charge in [0.15, 0.2) is 0 Å². The fraction of sp³-hybridized carbons (Fsp3) is 0.714. The molecule has 4 nitrogen and oxygen atoms in total. The SMILES string of the molecule is O=CNC(CCSCCF)C(=O)O. The topological polar surface area (TPSA) is 66.4 Å². The molecule has 0 aliphatic carbocycles. The van der Waals surface area contributed by atoms with Crippen LogP contribution in [0.3, 0.4) is 0 Å². The Morgan fingerprint density at radius 1 is 1.62 bits per heavy atom. The van der Waals surface area contributed by atoms with Crippen LogP contribution in [0.1, 0.15) is 6.42 Å². The second-order valence-corrected chi connectivity index (χ2v) is 3.49. The zero-order valence-corrected chi connectivity index (χ0v) is 7.85. The average molecular weight is 209 g/mol. The highest BCUT2D eigenvalue weighted by molar-refractivity contribution is 7.99. The van der Waals surface area contributed by atoms with Gasteiger partial charge in [0, 0.05) is 5.75 Å². The molecule has 1 unspecified atom stereocenters. The van der Waals surface area contributed by atoms with E-state index in [1.807, 2.05) is 0 Å². The van der Waals surface area contributed by atoms with Crippen molar-refractivity contribution >= 4 is 24.1 Å². The molecule has 0 aliphatic rings. The minimum atomic E-state index is -1.06. The molecule has 0 aliphatic heterocycles. The molecule has 13 heavy (non-hydrogen) atoms.